The zero-order chi connectivity index (χ0) is 15.8. The first-order valence-electron chi connectivity index (χ1n) is 8.02. The predicted octanol–water partition coefficient (Wildman–Crippen LogP) is 1.81. The number of nitrogens with one attached hydrogen (secondary N) is 1. The van der Waals surface area contributed by atoms with Crippen LogP contribution in [0.25, 0.3) is 0 Å². The molecule has 0 saturated carbocycles. The van der Waals surface area contributed by atoms with Crippen molar-refractivity contribution in [1.82, 2.24) is 20.1 Å². The van der Waals surface area contributed by atoms with Gasteiger partial charge in [-0.2, -0.15) is 5.10 Å². The topological polar surface area (TPSA) is 57.3 Å². The van der Waals surface area contributed by atoms with Crippen LogP contribution in [-0.4, -0.2) is 51.9 Å². The van der Waals surface area contributed by atoms with E-state index in [9.17, 15) is 4.39 Å². The summed E-state index contributed by atoms with van der Waals surface area (Å²) in [5.41, 5.74) is 0.899. The summed E-state index contributed by atoms with van der Waals surface area (Å²) in [5.74, 6) is 0.785. The lowest BCUT2D eigenvalue weighted by molar-refractivity contribution is -0.00885. The van der Waals surface area contributed by atoms with Gasteiger partial charge in [0.2, 0.25) is 5.88 Å². The molecule has 5 heterocycles. The van der Waals surface area contributed by atoms with Crippen LogP contribution in [0.15, 0.2) is 24.5 Å². The van der Waals surface area contributed by atoms with E-state index in [0.29, 0.717) is 18.7 Å². The van der Waals surface area contributed by atoms with Gasteiger partial charge in [-0.3, -0.25) is 10.00 Å². The quantitative estimate of drug-likeness (QED) is 0.911. The largest absolute Gasteiger partial charge is 0.476 e. The van der Waals surface area contributed by atoms with E-state index < -0.39 is 0 Å². The molecule has 2 aromatic heterocycles. The lowest BCUT2D eigenvalue weighted by Gasteiger charge is -2.56. The van der Waals surface area contributed by atoms with Crippen molar-refractivity contribution in [3.63, 3.8) is 0 Å². The van der Waals surface area contributed by atoms with Gasteiger partial charge in [-0.05, 0) is 25.0 Å². The molecule has 3 fully saturated rings. The lowest BCUT2D eigenvalue weighted by Crippen LogP contribution is -2.68. The highest BCUT2D eigenvalue weighted by molar-refractivity contribution is 5.39. The number of fused-ring (bicyclic) bond motifs is 2. The first-order valence-corrected chi connectivity index (χ1v) is 8.02. The number of piperidine rings is 1. The van der Waals surface area contributed by atoms with Crippen LogP contribution < -0.4 is 9.64 Å². The fourth-order valence-electron chi connectivity index (χ4n) is 3.57. The summed E-state index contributed by atoms with van der Waals surface area (Å²) in [6.45, 7) is 4.93. The second kappa shape index (κ2) is 5.81. The fraction of sp³-hybridized carbons (Fsp3) is 0.500. The summed E-state index contributed by atoms with van der Waals surface area (Å²) >= 11 is 0. The van der Waals surface area contributed by atoms with Crippen molar-refractivity contribution >= 4 is 5.82 Å². The Balaban J connectivity index is 1.41. The van der Waals surface area contributed by atoms with Gasteiger partial charge in [0.25, 0.3) is 0 Å². The second-order valence-corrected chi connectivity index (χ2v) is 6.13. The van der Waals surface area contributed by atoms with Gasteiger partial charge in [0.1, 0.15) is 5.82 Å². The molecule has 7 heteroatoms. The van der Waals surface area contributed by atoms with E-state index in [1.807, 2.05) is 13.0 Å². The molecule has 5 rings (SSSR count). The number of hydrogen-bond donors (Lipinski definition) is 1. The maximum absolute atomic E-state index is 13.9. The van der Waals surface area contributed by atoms with Gasteiger partial charge in [-0.15, -0.1) is 0 Å². The Morgan fingerprint density at radius 3 is 2.87 bits per heavy atom. The van der Waals surface area contributed by atoms with E-state index in [2.05, 4.69) is 25.0 Å². The number of aromatic amines is 1. The maximum atomic E-state index is 13.9. The Morgan fingerprint density at radius 2 is 2.22 bits per heavy atom. The normalized spacial score (nSPS) is 23.7. The standard InChI is InChI=1S/C16H20FN5O/c1-2-23-16-14(17)5-11(7-18-16)8-22-12-6-13(22)10-21(9-12)15-3-4-19-20-15/h3-5,7,12-13H,2,6,8-10H2,1H3,(H,19,20). The van der Waals surface area contributed by atoms with Crippen LogP contribution in [0.1, 0.15) is 18.9 Å². The van der Waals surface area contributed by atoms with Gasteiger partial charge >= 0.3 is 0 Å². The number of piperazine rings is 1. The molecule has 0 radical (unpaired) electrons. The molecule has 3 aliphatic heterocycles. The molecule has 122 valence electrons. The average molecular weight is 317 g/mol. The molecule has 0 spiro atoms. The molecule has 3 saturated heterocycles. The molecule has 2 aromatic rings. The van der Waals surface area contributed by atoms with Gasteiger partial charge in [0, 0.05) is 44.0 Å². The van der Waals surface area contributed by atoms with Crippen molar-refractivity contribution in [1.29, 1.82) is 0 Å². The SMILES string of the molecule is CCOc1ncc(CN2C3CC2CN(c2ccn[nH]2)C3)cc1F. The Labute approximate surface area is 134 Å². The Morgan fingerprint density at radius 1 is 1.39 bits per heavy atom. The molecule has 6 nitrogen and oxygen atoms in total. The van der Waals surface area contributed by atoms with E-state index in [1.165, 1.54) is 6.42 Å². The van der Waals surface area contributed by atoms with Crippen molar-refractivity contribution in [3.05, 3.63) is 35.9 Å². The third-order valence-corrected chi connectivity index (χ3v) is 4.68. The minimum Gasteiger partial charge on any atom is -0.476 e. The van der Waals surface area contributed by atoms with Crippen molar-refractivity contribution in [2.24, 2.45) is 0 Å². The highest BCUT2D eigenvalue weighted by Crippen LogP contribution is 2.35. The maximum Gasteiger partial charge on any atom is 0.250 e. The molecule has 0 amide bonds. The molecule has 2 bridgehead atoms. The Bertz CT molecular complexity index is 665. The monoisotopic (exact) mass is 317 g/mol. The third kappa shape index (κ3) is 2.65. The van der Waals surface area contributed by atoms with Crippen LogP contribution in [-0.2, 0) is 6.54 Å². The first kappa shape index (κ1) is 14.4. The third-order valence-electron chi connectivity index (χ3n) is 4.68. The number of hydrogen-bond acceptors (Lipinski definition) is 5. The number of nitrogens with zero attached hydrogens (tertiary/aromatic N) is 4. The van der Waals surface area contributed by atoms with Crippen LogP contribution >= 0.6 is 0 Å². The highest BCUT2D eigenvalue weighted by Gasteiger charge is 2.44. The van der Waals surface area contributed by atoms with Crippen LogP contribution in [0.3, 0.4) is 0 Å². The molecular formula is C16H20FN5O. The fourth-order valence-corrected chi connectivity index (χ4v) is 3.57. The zero-order valence-corrected chi connectivity index (χ0v) is 13.1. The number of pyridine rings is 1. The van der Waals surface area contributed by atoms with Gasteiger partial charge in [-0.25, -0.2) is 9.37 Å². The van der Waals surface area contributed by atoms with E-state index in [1.54, 1.807) is 18.5 Å². The molecule has 3 aliphatic rings. The van der Waals surface area contributed by atoms with Crippen LogP contribution in [0.5, 0.6) is 5.88 Å². The summed E-state index contributed by atoms with van der Waals surface area (Å²) in [7, 11) is 0. The molecule has 2 atom stereocenters. The van der Waals surface area contributed by atoms with E-state index >= 15 is 0 Å². The van der Waals surface area contributed by atoms with Crippen LogP contribution in [0.4, 0.5) is 10.2 Å². The smallest absolute Gasteiger partial charge is 0.250 e. The lowest BCUT2D eigenvalue weighted by atomic mass is 9.87. The minimum atomic E-state index is -0.380. The number of H-pyrrole nitrogens is 1. The highest BCUT2D eigenvalue weighted by atomic mass is 19.1. The minimum absolute atomic E-state index is 0.0884. The average Bonchev–Trinajstić information content (AvgIpc) is 3.10. The number of rotatable bonds is 5. The number of ether oxygens (including phenoxy) is 1. The van der Waals surface area contributed by atoms with Crippen molar-refractivity contribution < 1.29 is 9.13 Å². The molecule has 0 aromatic carbocycles. The molecular weight excluding hydrogens is 297 g/mol. The zero-order valence-electron chi connectivity index (χ0n) is 13.1. The van der Waals surface area contributed by atoms with Crippen molar-refractivity contribution in [3.8, 4) is 5.88 Å². The summed E-state index contributed by atoms with van der Waals surface area (Å²) in [5, 5.41) is 7.04. The van der Waals surface area contributed by atoms with Crippen LogP contribution in [0, 0.1) is 5.82 Å². The van der Waals surface area contributed by atoms with E-state index in [0.717, 1.165) is 31.0 Å². The van der Waals surface area contributed by atoms with Gasteiger partial charge in [0.15, 0.2) is 5.82 Å². The van der Waals surface area contributed by atoms with Gasteiger partial charge in [-0.1, -0.05) is 0 Å². The van der Waals surface area contributed by atoms with Crippen LogP contribution in [0.2, 0.25) is 0 Å². The molecule has 0 aliphatic carbocycles. The molecule has 1 N–H and O–H groups in total. The Hall–Kier alpha value is -2.15. The predicted molar refractivity (Wildman–Crippen MR) is 83.9 cm³/mol. The number of aromatic nitrogens is 3. The molecule has 2 unspecified atom stereocenters. The van der Waals surface area contributed by atoms with Gasteiger partial charge in [0.05, 0.1) is 12.8 Å². The van der Waals surface area contributed by atoms with E-state index in [-0.39, 0.29) is 11.7 Å². The molecule has 23 heavy (non-hydrogen) atoms. The number of halogens is 1. The summed E-state index contributed by atoms with van der Waals surface area (Å²) in [4.78, 5) is 8.85. The second-order valence-electron chi connectivity index (χ2n) is 6.13. The first-order chi connectivity index (χ1) is 11.2. The summed E-state index contributed by atoms with van der Waals surface area (Å²) in [6.07, 6.45) is 4.70. The Kier molecular flexibility index (Phi) is 3.65. The van der Waals surface area contributed by atoms with E-state index in [4.69, 9.17) is 4.74 Å². The summed E-state index contributed by atoms with van der Waals surface area (Å²) < 4.78 is 19.1. The van der Waals surface area contributed by atoms with Gasteiger partial charge < -0.3 is 9.64 Å². The number of anilines is 1. The van der Waals surface area contributed by atoms with Crippen molar-refractivity contribution in [2.45, 2.75) is 32.0 Å². The van der Waals surface area contributed by atoms with Crippen molar-refractivity contribution in [2.75, 3.05) is 24.6 Å². The summed E-state index contributed by atoms with van der Waals surface area (Å²) in [6, 6.07) is 4.55.